The number of furan rings is 1. The normalized spacial score (nSPS) is 18.7. The van der Waals surface area contributed by atoms with Gasteiger partial charge in [-0.2, -0.15) is 14.9 Å². The van der Waals surface area contributed by atoms with Crippen LogP contribution in [-0.4, -0.2) is 21.1 Å². The molecule has 2 atom stereocenters. The molecule has 4 rings (SSSR count). The standard InChI is InChI=1S/C22H26N4O2S/c1-13(2)17-7-5-14(3)9-20(17)27-12-21-24-25-22(29)26(21)23-11-16-6-8-19(28-16)18-10-15(18)4/h5-9,11,13,15,18H,10,12H2,1-4H3,(H,25,29)/b23-11-/t15-,18-/m1/s1. The minimum absolute atomic E-state index is 0.261. The second kappa shape index (κ2) is 7.99. The van der Waals surface area contributed by atoms with Crippen molar-refractivity contribution in [2.45, 2.75) is 52.6 Å². The van der Waals surface area contributed by atoms with Gasteiger partial charge in [-0.25, -0.2) is 5.10 Å². The number of rotatable bonds is 7. The third-order valence-corrected chi connectivity index (χ3v) is 5.55. The molecular weight excluding hydrogens is 384 g/mol. The van der Waals surface area contributed by atoms with Gasteiger partial charge in [0.25, 0.3) is 0 Å². The number of aromatic amines is 1. The molecule has 0 spiro atoms. The fourth-order valence-electron chi connectivity index (χ4n) is 3.39. The predicted octanol–water partition coefficient (Wildman–Crippen LogP) is 5.55. The summed E-state index contributed by atoms with van der Waals surface area (Å²) in [6.07, 6.45) is 2.85. The largest absolute Gasteiger partial charge is 0.485 e. The third kappa shape index (κ3) is 4.34. The number of hydrogen-bond donors (Lipinski definition) is 1. The average molecular weight is 411 g/mol. The van der Waals surface area contributed by atoms with Crippen molar-refractivity contribution in [1.29, 1.82) is 0 Å². The van der Waals surface area contributed by atoms with Crippen LogP contribution in [0.4, 0.5) is 0 Å². The molecule has 0 unspecified atom stereocenters. The van der Waals surface area contributed by atoms with Crippen LogP contribution < -0.4 is 4.74 Å². The van der Waals surface area contributed by atoms with Crippen LogP contribution in [-0.2, 0) is 6.61 Å². The highest BCUT2D eigenvalue weighted by Gasteiger charge is 2.36. The van der Waals surface area contributed by atoms with E-state index in [0.717, 1.165) is 22.6 Å². The minimum atomic E-state index is 0.261. The number of nitrogens with one attached hydrogen (secondary N) is 1. The molecule has 29 heavy (non-hydrogen) atoms. The minimum Gasteiger partial charge on any atom is -0.485 e. The lowest BCUT2D eigenvalue weighted by atomic mass is 10.0. The first-order chi connectivity index (χ1) is 13.9. The molecule has 1 aliphatic rings. The van der Waals surface area contributed by atoms with E-state index in [1.54, 1.807) is 10.9 Å². The van der Waals surface area contributed by atoms with Gasteiger partial charge in [0, 0.05) is 5.92 Å². The van der Waals surface area contributed by atoms with Crippen molar-refractivity contribution < 1.29 is 9.15 Å². The van der Waals surface area contributed by atoms with Gasteiger partial charge in [0.1, 0.15) is 23.9 Å². The summed E-state index contributed by atoms with van der Waals surface area (Å²) in [6, 6.07) is 10.2. The summed E-state index contributed by atoms with van der Waals surface area (Å²) in [5, 5.41) is 11.5. The van der Waals surface area contributed by atoms with Gasteiger partial charge >= 0.3 is 0 Å². The molecule has 1 fully saturated rings. The summed E-state index contributed by atoms with van der Waals surface area (Å²) in [6.45, 7) is 8.85. The van der Waals surface area contributed by atoms with Crippen LogP contribution in [0.15, 0.2) is 39.9 Å². The molecule has 0 aliphatic heterocycles. The van der Waals surface area contributed by atoms with Crippen molar-refractivity contribution in [3.8, 4) is 5.75 Å². The topological polar surface area (TPSA) is 68.3 Å². The SMILES string of the molecule is Cc1ccc(C(C)C)c(OCc2n[nH]c(=S)n2/N=C\c2ccc([C@@H]3C[C@H]3C)o2)c1. The Morgan fingerprint density at radius 1 is 1.38 bits per heavy atom. The van der Waals surface area contributed by atoms with E-state index in [4.69, 9.17) is 21.4 Å². The summed E-state index contributed by atoms with van der Waals surface area (Å²) in [5.41, 5.74) is 2.32. The average Bonchev–Trinajstić information content (AvgIpc) is 3.08. The molecule has 2 heterocycles. The molecular formula is C22H26N4O2S. The van der Waals surface area contributed by atoms with E-state index < -0.39 is 0 Å². The summed E-state index contributed by atoms with van der Waals surface area (Å²) < 4.78 is 13.9. The number of H-pyrrole nitrogens is 1. The zero-order valence-electron chi connectivity index (χ0n) is 17.2. The Kier molecular flexibility index (Phi) is 5.41. The van der Waals surface area contributed by atoms with Gasteiger partial charge in [0.15, 0.2) is 5.82 Å². The van der Waals surface area contributed by atoms with Crippen molar-refractivity contribution in [3.05, 3.63) is 63.6 Å². The molecule has 0 amide bonds. The van der Waals surface area contributed by atoms with Gasteiger partial charge in [0.05, 0.1) is 6.21 Å². The molecule has 7 heteroatoms. The molecule has 0 saturated heterocycles. The zero-order valence-corrected chi connectivity index (χ0v) is 18.0. The fourth-order valence-corrected chi connectivity index (χ4v) is 3.59. The number of hydrogen-bond acceptors (Lipinski definition) is 5. The molecule has 1 saturated carbocycles. The van der Waals surface area contributed by atoms with Crippen LogP contribution in [0.3, 0.4) is 0 Å². The second-order valence-electron chi connectivity index (χ2n) is 8.05. The number of nitrogens with zero attached hydrogens (tertiary/aromatic N) is 3. The predicted molar refractivity (Wildman–Crippen MR) is 115 cm³/mol. The highest BCUT2D eigenvalue weighted by molar-refractivity contribution is 7.71. The smallest absolute Gasteiger partial charge is 0.216 e. The van der Waals surface area contributed by atoms with E-state index in [-0.39, 0.29) is 6.61 Å². The van der Waals surface area contributed by atoms with Crippen molar-refractivity contribution >= 4 is 18.4 Å². The van der Waals surface area contributed by atoms with Crippen LogP contribution in [0.2, 0.25) is 0 Å². The fraction of sp³-hybridized carbons (Fsp3) is 0.409. The Morgan fingerprint density at radius 2 is 2.17 bits per heavy atom. The molecule has 3 aromatic rings. The van der Waals surface area contributed by atoms with E-state index in [0.29, 0.717) is 34.1 Å². The lowest BCUT2D eigenvalue weighted by Gasteiger charge is -2.14. The summed E-state index contributed by atoms with van der Waals surface area (Å²) in [5.74, 6) is 4.81. The quantitative estimate of drug-likeness (QED) is 0.409. The summed E-state index contributed by atoms with van der Waals surface area (Å²) in [4.78, 5) is 0. The first-order valence-corrected chi connectivity index (χ1v) is 10.4. The maximum atomic E-state index is 6.08. The highest BCUT2D eigenvalue weighted by Crippen LogP contribution is 2.47. The second-order valence-corrected chi connectivity index (χ2v) is 8.43. The van der Waals surface area contributed by atoms with Gasteiger partial charge in [-0.15, -0.1) is 0 Å². The lowest BCUT2D eigenvalue weighted by Crippen LogP contribution is -2.06. The van der Waals surface area contributed by atoms with Gasteiger partial charge in [-0.3, -0.25) is 0 Å². The van der Waals surface area contributed by atoms with Crippen LogP contribution in [0, 0.1) is 17.6 Å². The van der Waals surface area contributed by atoms with E-state index in [1.165, 1.54) is 6.42 Å². The van der Waals surface area contributed by atoms with Crippen LogP contribution >= 0.6 is 12.2 Å². The van der Waals surface area contributed by atoms with E-state index in [9.17, 15) is 0 Å². The zero-order chi connectivity index (χ0) is 20.5. The molecule has 1 N–H and O–H groups in total. The monoisotopic (exact) mass is 410 g/mol. The maximum absolute atomic E-state index is 6.08. The van der Waals surface area contributed by atoms with Crippen LogP contribution in [0.5, 0.6) is 5.75 Å². The molecule has 6 nitrogen and oxygen atoms in total. The summed E-state index contributed by atoms with van der Waals surface area (Å²) in [7, 11) is 0. The molecule has 152 valence electrons. The number of ether oxygens (including phenoxy) is 1. The Hall–Kier alpha value is -2.67. The van der Waals surface area contributed by atoms with Gasteiger partial charge in [-0.05, 0) is 66.7 Å². The van der Waals surface area contributed by atoms with E-state index in [2.05, 4.69) is 55.1 Å². The Morgan fingerprint density at radius 3 is 2.90 bits per heavy atom. The Balaban J connectivity index is 1.50. The van der Waals surface area contributed by atoms with E-state index in [1.807, 2.05) is 18.2 Å². The van der Waals surface area contributed by atoms with Gasteiger partial charge in [-0.1, -0.05) is 32.9 Å². The van der Waals surface area contributed by atoms with Gasteiger partial charge < -0.3 is 9.15 Å². The lowest BCUT2D eigenvalue weighted by molar-refractivity contribution is 0.286. The molecule has 2 aromatic heterocycles. The van der Waals surface area contributed by atoms with Crippen LogP contribution in [0.1, 0.15) is 67.5 Å². The number of benzene rings is 1. The van der Waals surface area contributed by atoms with Crippen LogP contribution in [0.25, 0.3) is 0 Å². The van der Waals surface area contributed by atoms with Crippen molar-refractivity contribution in [1.82, 2.24) is 14.9 Å². The van der Waals surface area contributed by atoms with Gasteiger partial charge in [0.2, 0.25) is 4.77 Å². The van der Waals surface area contributed by atoms with E-state index >= 15 is 0 Å². The molecule has 1 aromatic carbocycles. The number of aromatic nitrogens is 3. The Labute approximate surface area is 175 Å². The summed E-state index contributed by atoms with van der Waals surface area (Å²) >= 11 is 5.32. The van der Waals surface area contributed by atoms with Crippen molar-refractivity contribution in [2.24, 2.45) is 11.0 Å². The molecule has 0 radical (unpaired) electrons. The Bertz CT molecular complexity index is 1090. The third-order valence-electron chi connectivity index (χ3n) is 5.29. The molecule has 0 bridgehead atoms. The van der Waals surface area contributed by atoms with Crippen molar-refractivity contribution in [2.75, 3.05) is 0 Å². The highest BCUT2D eigenvalue weighted by atomic mass is 32.1. The number of aryl methyl sites for hydroxylation is 1. The first-order valence-electron chi connectivity index (χ1n) is 9.96. The maximum Gasteiger partial charge on any atom is 0.216 e. The van der Waals surface area contributed by atoms with Crippen molar-refractivity contribution in [3.63, 3.8) is 0 Å². The first kappa shape index (κ1) is 19.6. The molecule has 1 aliphatic carbocycles.